The number of rotatable bonds is 2. The molecule has 13 heavy (non-hydrogen) atoms. The highest BCUT2D eigenvalue weighted by atomic mass is 35.5. The maximum absolute atomic E-state index is 12.1. The van der Waals surface area contributed by atoms with Crippen LogP contribution < -0.4 is 5.73 Å². The fourth-order valence-corrected chi connectivity index (χ4v) is 1.10. The second-order valence-electron chi connectivity index (χ2n) is 2.44. The molecule has 0 aliphatic carbocycles. The summed E-state index contributed by atoms with van der Waals surface area (Å²) in [4.78, 5) is 0. The van der Waals surface area contributed by atoms with Crippen molar-refractivity contribution in [3.63, 3.8) is 0 Å². The minimum Gasteiger partial charge on any atom is -0.506 e. The third kappa shape index (κ3) is 2.72. The summed E-state index contributed by atoms with van der Waals surface area (Å²) in [6.07, 6.45) is 0. The fraction of sp³-hybridized carbons (Fsp3) is 0.250. The molecular formula is C8H10Cl2FNO. The molecule has 3 N–H and O–H groups in total. The van der Waals surface area contributed by atoms with E-state index < -0.39 is 12.7 Å². The van der Waals surface area contributed by atoms with Gasteiger partial charge in [0.05, 0.1) is 11.1 Å². The number of phenols is 1. The van der Waals surface area contributed by atoms with Crippen molar-refractivity contribution in [1.29, 1.82) is 0 Å². The zero-order chi connectivity index (χ0) is 9.14. The Labute approximate surface area is 86.9 Å². The minimum atomic E-state index is -0.802. The van der Waals surface area contributed by atoms with Gasteiger partial charge in [-0.25, -0.2) is 4.39 Å². The molecule has 0 fully saturated rings. The Balaban J connectivity index is 0.00000144. The monoisotopic (exact) mass is 225 g/mol. The van der Waals surface area contributed by atoms with E-state index in [1.165, 1.54) is 6.07 Å². The van der Waals surface area contributed by atoms with Crippen LogP contribution in [0.3, 0.4) is 0 Å². The first-order valence-corrected chi connectivity index (χ1v) is 3.83. The highest BCUT2D eigenvalue weighted by Crippen LogP contribution is 2.30. The lowest BCUT2D eigenvalue weighted by molar-refractivity contribution is 0.414. The smallest absolute Gasteiger partial charge is 0.139 e. The van der Waals surface area contributed by atoms with Gasteiger partial charge in [-0.05, 0) is 6.07 Å². The molecular weight excluding hydrogens is 216 g/mol. The van der Waals surface area contributed by atoms with Crippen molar-refractivity contribution in [1.82, 2.24) is 0 Å². The molecule has 1 atom stereocenters. The molecule has 0 aliphatic rings. The molecule has 74 valence electrons. The lowest BCUT2D eigenvalue weighted by Gasteiger charge is -2.09. The normalized spacial score (nSPS) is 11.9. The van der Waals surface area contributed by atoms with Crippen LogP contribution in [0.4, 0.5) is 4.39 Å². The van der Waals surface area contributed by atoms with Crippen LogP contribution in [0, 0.1) is 0 Å². The van der Waals surface area contributed by atoms with Gasteiger partial charge >= 0.3 is 0 Å². The van der Waals surface area contributed by atoms with E-state index in [0.717, 1.165) is 0 Å². The Bertz CT molecular complexity index is 283. The molecule has 5 heteroatoms. The van der Waals surface area contributed by atoms with E-state index in [2.05, 4.69) is 0 Å². The summed E-state index contributed by atoms with van der Waals surface area (Å²) in [5.74, 6) is -0.135. The first kappa shape index (κ1) is 12.5. The average Bonchev–Trinajstić information content (AvgIpc) is 2.08. The van der Waals surface area contributed by atoms with E-state index in [9.17, 15) is 9.50 Å². The van der Waals surface area contributed by atoms with Crippen LogP contribution in [0.5, 0.6) is 5.75 Å². The molecule has 2 nitrogen and oxygen atoms in total. The van der Waals surface area contributed by atoms with E-state index in [4.69, 9.17) is 17.3 Å². The van der Waals surface area contributed by atoms with Crippen LogP contribution >= 0.6 is 24.0 Å². The van der Waals surface area contributed by atoms with Crippen molar-refractivity contribution in [3.8, 4) is 5.75 Å². The number of alkyl halides is 1. The molecule has 0 saturated heterocycles. The largest absolute Gasteiger partial charge is 0.506 e. The second-order valence-corrected chi connectivity index (χ2v) is 2.85. The molecule has 0 radical (unpaired) electrons. The van der Waals surface area contributed by atoms with Crippen molar-refractivity contribution in [2.75, 3.05) is 6.67 Å². The Morgan fingerprint density at radius 2 is 2.15 bits per heavy atom. The van der Waals surface area contributed by atoms with Crippen molar-refractivity contribution < 1.29 is 9.50 Å². The summed E-state index contributed by atoms with van der Waals surface area (Å²) < 4.78 is 12.1. The molecule has 0 spiro atoms. The van der Waals surface area contributed by atoms with Gasteiger partial charge in [0, 0.05) is 5.56 Å². The van der Waals surface area contributed by atoms with E-state index >= 15 is 0 Å². The van der Waals surface area contributed by atoms with E-state index in [1.807, 2.05) is 0 Å². The predicted octanol–water partition coefficient (Wildman–Crippen LogP) is 2.44. The Morgan fingerprint density at radius 3 is 2.69 bits per heavy atom. The molecule has 0 bridgehead atoms. The topological polar surface area (TPSA) is 46.2 Å². The van der Waals surface area contributed by atoms with Crippen LogP contribution in [-0.2, 0) is 0 Å². The third-order valence-electron chi connectivity index (χ3n) is 1.58. The van der Waals surface area contributed by atoms with Crippen LogP contribution in [-0.4, -0.2) is 11.8 Å². The van der Waals surface area contributed by atoms with Gasteiger partial charge in [-0.2, -0.15) is 0 Å². The van der Waals surface area contributed by atoms with Gasteiger partial charge in [0.1, 0.15) is 12.4 Å². The molecule has 0 saturated carbocycles. The van der Waals surface area contributed by atoms with Gasteiger partial charge in [0.15, 0.2) is 0 Å². The number of hydrogen-bond donors (Lipinski definition) is 2. The average molecular weight is 226 g/mol. The zero-order valence-electron chi connectivity index (χ0n) is 6.71. The number of benzene rings is 1. The van der Waals surface area contributed by atoms with Crippen molar-refractivity contribution >= 4 is 24.0 Å². The molecule has 1 rings (SSSR count). The Kier molecular flexibility index (Phi) is 5.06. The van der Waals surface area contributed by atoms with E-state index in [0.29, 0.717) is 5.56 Å². The highest BCUT2D eigenvalue weighted by Gasteiger charge is 2.11. The van der Waals surface area contributed by atoms with Crippen molar-refractivity contribution in [2.24, 2.45) is 5.73 Å². The highest BCUT2D eigenvalue weighted by molar-refractivity contribution is 6.32. The molecule has 0 heterocycles. The molecule has 1 aromatic carbocycles. The molecule has 0 unspecified atom stereocenters. The molecule has 0 amide bonds. The first-order chi connectivity index (χ1) is 5.66. The standard InChI is InChI=1S/C8H9ClFNO.ClH/c9-6-3-1-2-5(8(6)12)7(11)4-10;/h1-3,7,12H,4,11H2;1H/t7-;/m1./s1. The summed E-state index contributed by atoms with van der Waals surface area (Å²) in [7, 11) is 0. The number of phenolic OH excluding ortho intramolecular Hbond substituents is 1. The van der Waals surface area contributed by atoms with Crippen molar-refractivity contribution in [3.05, 3.63) is 28.8 Å². The van der Waals surface area contributed by atoms with E-state index in [1.54, 1.807) is 12.1 Å². The number of halogens is 3. The van der Waals surface area contributed by atoms with Crippen LogP contribution in [0.2, 0.25) is 5.02 Å². The number of para-hydroxylation sites is 1. The van der Waals surface area contributed by atoms with Gasteiger partial charge in [0.2, 0.25) is 0 Å². The second kappa shape index (κ2) is 5.27. The van der Waals surface area contributed by atoms with Crippen molar-refractivity contribution in [2.45, 2.75) is 6.04 Å². The van der Waals surface area contributed by atoms with Gasteiger partial charge < -0.3 is 10.8 Å². The molecule has 0 aromatic heterocycles. The number of aromatic hydroxyl groups is 1. The van der Waals surface area contributed by atoms with Crippen LogP contribution in [0.25, 0.3) is 0 Å². The zero-order valence-corrected chi connectivity index (χ0v) is 8.28. The summed E-state index contributed by atoms with van der Waals surface area (Å²) in [5.41, 5.74) is 5.71. The van der Waals surface area contributed by atoms with Gasteiger partial charge in [-0.1, -0.05) is 23.7 Å². The lowest BCUT2D eigenvalue weighted by Crippen LogP contribution is -2.12. The SMILES string of the molecule is Cl.N[C@H](CF)c1cccc(Cl)c1O. The Morgan fingerprint density at radius 1 is 1.54 bits per heavy atom. The summed E-state index contributed by atoms with van der Waals surface area (Å²) in [5, 5.41) is 9.51. The molecule has 0 aliphatic heterocycles. The van der Waals surface area contributed by atoms with Gasteiger partial charge in [-0.15, -0.1) is 12.4 Å². The maximum atomic E-state index is 12.1. The quantitative estimate of drug-likeness (QED) is 0.813. The van der Waals surface area contributed by atoms with E-state index in [-0.39, 0.29) is 23.2 Å². The molecule has 1 aromatic rings. The summed E-state index contributed by atoms with van der Waals surface area (Å²) in [6.45, 7) is -0.714. The maximum Gasteiger partial charge on any atom is 0.139 e. The van der Waals surface area contributed by atoms with Gasteiger partial charge in [0.25, 0.3) is 0 Å². The van der Waals surface area contributed by atoms with Crippen LogP contribution in [0.15, 0.2) is 18.2 Å². The predicted molar refractivity (Wildman–Crippen MR) is 53.3 cm³/mol. The first-order valence-electron chi connectivity index (χ1n) is 3.45. The van der Waals surface area contributed by atoms with Crippen LogP contribution in [0.1, 0.15) is 11.6 Å². The number of hydrogen-bond acceptors (Lipinski definition) is 2. The third-order valence-corrected chi connectivity index (χ3v) is 1.89. The van der Waals surface area contributed by atoms with Gasteiger partial charge in [-0.3, -0.25) is 0 Å². The Hall–Kier alpha value is -0.510. The summed E-state index contributed by atoms with van der Waals surface area (Å²) in [6, 6.07) is 3.88. The number of nitrogens with two attached hydrogens (primary N) is 1. The minimum absolute atomic E-state index is 0. The lowest BCUT2D eigenvalue weighted by atomic mass is 10.1. The summed E-state index contributed by atoms with van der Waals surface area (Å²) >= 11 is 5.59. The fourth-order valence-electron chi connectivity index (χ4n) is 0.914.